The molecule has 0 radical (unpaired) electrons. The Morgan fingerprint density at radius 1 is 1.20 bits per heavy atom. The third-order valence-electron chi connectivity index (χ3n) is 3.39. The van der Waals surface area contributed by atoms with Crippen LogP contribution in [0.1, 0.15) is 51.9 Å². The summed E-state index contributed by atoms with van der Waals surface area (Å²) in [4.78, 5) is 11.7. The van der Waals surface area contributed by atoms with Gasteiger partial charge in [-0.05, 0) is 32.6 Å². The minimum absolute atomic E-state index is 0.711. The van der Waals surface area contributed by atoms with E-state index >= 15 is 0 Å². The van der Waals surface area contributed by atoms with Gasteiger partial charge in [0.1, 0.15) is 17.5 Å². The Hall–Kier alpha value is -1.32. The van der Waals surface area contributed by atoms with Crippen molar-refractivity contribution in [2.45, 2.75) is 53.9 Å². The number of aromatic nitrogens is 2. The first-order chi connectivity index (χ1) is 9.49. The van der Waals surface area contributed by atoms with Crippen molar-refractivity contribution in [1.82, 2.24) is 9.97 Å². The molecule has 1 rings (SSSR count). The molecule has 0 saturated carbocycles. The molecule has 0 fully saturated rings. The zero-order valence-corrected chi connectivity index (χ0v) is 14.0. The normalized spacial score (nSPS) is 10.9. The molecule has 4 nitrogen and oxygen atoms in total. The first-order valence-electron chi connectivity index (χ1n) is 7.82. The van der Waals surface area contributed by atoms with Gasteiger partial charge in [-0.25, -0.2) is 9.97 Å². The van der Waals surface area contributed by atoms with Gasteiger partial charge in [0, 0.05) is 32.1 Å². The van der Waals surface area contributed by atoms with E-state index in [2.05, 4.69) is 56.9 Å². The van der Waals surface area contributed by atoms with Crippen LogP contribution < -0.4 is 10.2 Å². The second-order valence-electron chi connectivity index (χ2n) is 5.82. The van der Waals surface area contributed by atoms with Crippen LogP contribution in [0.15, 0.2) is 0 Å². The second kappa shape index (κ2) is 8.08. The summed E-state index contributed by atoms with van der Waals surface area (Å²) in [5.41, 5.74) is 1.15. The maximum atomic E-state index is 4.76. The zero-order chi connectivity index (χ0) is 15.1. The van der Waals surface area contributed by atoms with Crippen molar-refractivity contribution in [2.75, 3.05) is 30.4 Å². The molecule has 0 aliphatic rings. The lowest BCUT2D eigenvalue weighted by Gasteiger charge is -2.23. The Balaban J connectivity index is 3.02. The fraction of sp³-hybridized carbons (Fsp3) is 0.750. The molecule has 0 saturated heterocycles. The van der Waals surface area contributed by atoms with Crippen LogP contribution in [0.3, 0.4) is 0 Å². The van der Waals surface area contributed by atoms with Crippen LogP contribution >= 0.6 is 0 Å². The number of nitrogens with zero attached hydrogens (tertiary/aromatic N) is 3. The largest absolute Gasteiger partial charge is 0.370 e. The number of aryl methyl sites for hydroxylation is 1. The minimum Gasteiger partial charge on any atom is -0.370 e. The predicted molar refractivity (Wildman–Crippen MR) is 87.7 cm³/mol. The van der Waals surface area contributed by atoms with E-state index in [0.29, 0.717) is 5.92 Å². The maximum Gasteiger partial charge on any atom is 0.137 e. The van der Waals surface area contributed by atoms with E-state index in [4.69, 9.17) is 4.98 Å². The van der Waals surface area contributed by atoms with E-state index in [0.717, 1.165) is 49.0 Å². The molecule has 0 unspecified atom stereocenters. The molecule has 0 bridgehead atoms. The fourth-order valence-electron chi connectivity index (χ4n) is 2.15. The standard InChI is InChI=1S/C16H30N4/c1-7-9-14-18-15(17-8-2)13(5)16(19-14)20(6)11-10-12(3)4/h12H,7-11H2,1-6H3,(H,17,18,19). The second-order valence-corrected chi connectivity index (χ2v) is 5.82. The van der Waals surface area contributed by atoms with E-state index in [1.165, 1.54) is 6.42 Å². The van der Waals surface area contributed by atoms with Gasteiger partial charge in [0.2, 0.25) is 0 Å². The molecule has 0 aliphatic carbocycles. The summed E-state index contributed by atoms with van der Waals surface area (Å²) in [6.07, 6.45) is 3.19. The monoisotopic (exact) mass is 278 g/mol. The van der Waals surface area contributed by atoms with Crippen LogP contribution in [0.25, 0.3) is 0 Å². The van der Waals surface area contributed by atoms with Gasteiger partial charge in [-0.2, -0.15) is 0 Å². The van der Waals surface area contributed by atoms with Gasteiger partial charge in [0.05, 0.1) is 0 Å². The highest BCUT2D eigenvalue weighted by molar-refractivity contribution is 5.58. The Morgan fingerprint density at radius 3 is 2.45 bits per heavy atom. The van der Waals surface area contributed by atoms with E-state index in [9.17, 15) is 0 Å². The molecule has 0 spiro atoms. The summed E-state index contributed by atoms with van der Waals surface area (Å²) < 4.78 is 0. The average Bonchev–Trinajstić information content (AvgIpc) is 2.40. The van der Waals surface area contributed by atoms with Crippen molar-refractivity contribution in [3.8, 4) is 0 Å². The molecule has 0 aliphatic heterocycles. The molecule has 20 heavy (non-hydrogen) atoms. The molecule has 114 valence electrons. The predicted octanol–water partition coefficient (Wildman–Crippen LogP) is 3.65. The van der Waals surface area contributed by atoms with E-state index in [-0.39, 0.29) is 0 Å². The summed E-state index contributed by atoms with van der Waals surface area (Å²) in [5, 5.41) is 3.36. The van der Waals surface area contributed by atoms with E-state index in [1.54, 1.807) is 0 Å². The number of rotatable bonds is 8. The summed E-state index contributed by atoms with van der Waals surface area (Å²) in [6, 6.07) is 0. The molecule has 1 heterocycles. The quantitative estimate of drug-likeness (QED) is 0.788. The lowest BCUT2D eigenvalue weighted by Crippen LogP contribution is -2.23. The molecular weight excluding hydrogens is 248 g/mol. The first-order valence-corrected chi connectivity index (χ1v) is 7.82. The van der Waals surface area contributed by atoms with Crippen molar-refractivity contribution in [1.29, 1.82) is 0 Å². The molecule has 0 aromatic carbocycles. The Morgan fingerprint density at radius 2 is 1.90 bits per heavy atom. The fourth-order valence-corrected chi connectivity index (χ4v) is 2.15. The van der Waals surface area contributed by atoms with Crippen molar-refractivity contribution in [3.05, 3.63) is 11.4 Å². The van der Waals surface area contributed by atoms with Crippen LogP contribution in [-0.4, -0.2) is 30.1 Å². The molecule has 1 N–H and O–H groups in total. The Labute approximate surface area is 124 Å². The van der Waals surface area contributed by atoms with Crippen LogP contribution in [-0.2, 0) is 6.42 Å². The van der Waals surface area contributed by atoms with Gasteiger partial charge in [-0.1, -0.05) is 20.8 Å². The van der Waals surface area contributed by atoms with Gasteiger partial charge < -0.3 is 10.2 Å². The zero-order valence-electron chi connectivity index (χ0n) is 14.0. The van der Waals surface area contributed by atoms with Gasteiger partial charge in [0.25, 0.3) is 0 Å². The molecule has 1 aromatic heterocycles. The molecule has 1 aromatic rings. The summed E-state index contributed by atoms with van der Waals surface area (Å²) in [5.74, 6) is 3.71. The third-order valence-corrected chi connectivity index (χ3v) is 3.39. The lowest BCUT2D eigenvalue weighted by molar-refractivity contribution is 0.582. The highest BCUT2D eigenvalue weighted by Gasteiger charge is 2.14. The van der Waals surface area contributed by atoms with Crippen molar-refractivity contribution >= 4 is 11.6 Å². The highest BCUT2D eigenvalue weighted by atomic mass is 15.2. The molecule has 0 atom stereocenters. The van der Waals surface area contributed by atoms with E-state index in [1.807, 2.05) is 0 Å². The maximum absolute atomic E-state index is 4.76. The first kappa shape index (κ1) is 16.7. The van der Waals surface area contributed by atoms with Gasteiger partial charge >= 0.3 is 0 Å². The summed E-state index contributed by atoms with van der Waals surface area (Å²) in [7, 11) is 2.13. The molecular formula is C16H30N4. The van der Waals surface area contributed by atoms with E-state index < -0.39 is 0 Å². The van der Waals surface area contributed by atoms with Crippen LogP contribution in [0.4, 0.5) is 11.6 Å². The van der Waals surface area contributed by atoms with Gasteiger partial charge in [0.15, 0.2) is 0 Å². The van der Waals surface area contributed by atoms with Gasteiger partial charge in [-0.3, -0.25) is 0 Å². The van der Waals surface area contributed by atoms with Crippen molar-refractivity contribution in [3.63, 3.8) is 0 Å². The number of anilines is 2. The van der Waals surface area contributed by atoms with Crippen molar-refractivity contribution < 1.29 is 0 Å². The number of nitrogens with one attached hydrogen (secondary N) is 1. The minimum atomic E-state index is 0.711. The molecule has 4 heteroatoms. The molecule has 0 amide bonds. The van der Waals surface area contributed by atoms with Crippen molar-refractivity contribution in [2.24, 2.45) is 5.92 Å². The summed E-state index contributed by atoms with van der Waals surface area (Å²) >= 11 is 0. The van der Waals surface area contributed by atoms with Crippen LogP contribution in [0.2, 0.25) is 0 Å². The third kappa shape index (κ3) is 4.66. The number of hydrogen-bond donors (Lipinski definition) is 1. The smallest absolute Gasteiger partial charge is 0.137 e. The number of hydrogen-bond acceptors (Lipinski definition) is 4. The van der Waals surface area contributed by atoms with Gasteiger partial charge in [-0.15, -0.1) is 0 Å². The SMILES string of the molecule is CCCc1nc(NCC)c(C)c(N(C)CCC(C)C)n1. The van der Waals surface area contributed by atoms with Crippen LogP contribution in [0, 0.1) is 12.8 Å². The average molecular weight is 278 g/mol. The van der Waals surface area contributed by atoms with Crippen LogP contribution in [0.5, 0.6) is 0 Å². The lowest BCUT2D eigenvalue weighted by atomic mass is 10.1. The highest BCUT2D eigenvalue weighted by Crippen LogP contribution is 2.23. The Bertz CT molecular complexity index is 415. The summed E-state index contributed by atoms with van der Waals surface area (Å²) in [6.45, 7) is 12.8. The topological polar surface area (TPSA) is 41.1 Å². The Kier molecular flexibility index (Phi) is 6.76.